The molecule has 0 atom stereocenters. The third-order valence-electron chi connectivity index (χ3n) is 4.27. The number of thiophene rings is 1. The van der Waals surface area contributed by atoms with Crippen LogP contribution in [0.15, 0.2) is 48.7 Å². The number of ether oxygens (including phenoxy) is 1. The van der Waals surface area contributed by atoms with E-state index in [0.29, 0.717) is 28.8 Å². The van der Waals surface area contributed by atoms with E-state index in [2.05, 4.69) is 15.7 Å². The van der Waals surface area contributed by atoms with Gasteiger partial charge in [-0.25, -0.2) is 4.79 Å². The second kappa shape index (κ2) is 10.2. The lowest BCUT2D eigenvalue weighted by atomic mass is 10.1. The summed E-state index contributed by atoms with van der Waals surface area (Å²) >= 11 is 6.90. The van der Waals surface area contributed by atoms with Crippen LogP contribution in [0.4, 0.5) is 5.00 Å². The van der Waals surface area contributed by atoms with Crippen molar-refractivity contribution >= 4 is 39.6 Å². The van der Waals surface area contributed by atoms with Crippen LogP contribution in [0.2, 0.25) is 0 Å². The third-order valence-corrected chi connectivity index (χ3v) is 5.62. The van der Waals surface area contributed by atoms with Crippen LogP contribution in [-0.2, 0) is 11.3 Å². The molecule has 3 aromatic rings. The summed E-state index contributed by atoms with van der Waals surface area (Å²) in [6, 6.07) is 13.8. The number of rotatable bonds is 8. The third kappa shape index (κ3) is 5.65. The summed E-state index contributed by atoms with van der Waals surface area (Å²) in [6.45, 7) is 5.68. The van der Waals surface area contributed by atoms with Crippen LogP contribution in [0.3, 0.4) is 0 Å². The highest BCUT2D eigenvalue weighted by Gasteiger charge is 2.19. The molecule has 29 heavy (non-hydrogen) atoms. The van der Waals surface area contributed by atoms with E-state index < -0.39 is 0 Å². The van der Waals surface area contributed by atoms with Crippen molar-refractivity contribution in [3.05, 3.63) is 59.9 Å². The van der Waals surface area contributed by atoms with Crippen molar-refractivity contribution in [3.63, 3.8) is 0 Å². The molecule has 2 heterocycles. The molecule has 1 aromatic carbocycles. The number of nitrogens with zero attached hydrogens (tertiary/aromatic N) is 2. The van der Waals surface area contributed by atoms with E-state index in [0.717, 1.165) is 29.1 Å². The smallest absolute Gasteiger partial charge is 0.341 e. The van der Waals surface area contributed by atoms with E-state index in [1.807, 2.05) is 54.1 Å². The van der Waals surface area contributed by atoms with E-state index >= 15 is 0 Å². The van der Waals surface area contributed by atoms with Crippen LogP contribution in [0.25, 0.3) is 10.4 Å². The minimum atomic E-state index is -0.356. The molecule has 2 aromatic heterocycles. The number of benzene rings is 1. The van der Waals surface area contributed by atoms with Gasteiger partial charge < -0.3 is 15.4 Å². The lowest BCUT2D eigenvalue weighted by molar-refractivity contribution is 0.0528. The SMILES string of the molecule is CCOC(=O)c1cc(-c2ccccc2)sc1NC(=S)NCCCn1nccc1C. The second-order valence-electron chi connectivity index (χ2n) is 6.37. The number of hydrogen-bond acceptors (Lipinski definition) is 5. The first kappa shape index (κ1) is 21.0. The Balaban J connectivity index is 1.63. The van der Waals surface area contributed by atoms with Gasteiger partial charge in [0.1, 0.15) is 5.00 Å². The van der Waals surface area contributed by atoms with Crippen molar-refractivity contribution in [3.8, 4) is 10.4 Å². The summed E-state index contributed by atoms with van der Waals surface area (Å²) in [5.41, 5.74) is 2.67. The highest BCUT2D eigenvalue weighted by Crippen LogP contribution is 2.35. The van der Waals surface area contributed by atoms with Gasteiger partial charge in [-0.3, -0.25) is 4.68 Å². The highest BCUT2D eigenvalue weighted by molar-refractivity contribution is 7.80. The Hall–Kier alpha value is -2.71. The number of aromatic nitrogens is 2. The van der Waals surface area contributed by atoms with E-state index in [4.69, 9.17) is 17.0 Å². The summed E-state index contributed by atoms with van der Waals surface area (Å²) in [6.07, 6.45) is 2.68. The van der Waals surface area contributed by atoms with Gasteiger partial charge in [-0.1, -0.05) is 30.3 Å². The average molecular weight is 429 g/mol. The van der Waals surface area contributed by atoms with Gasteiger partial charge in [0.25, 0.3) is 0 Å². The Morgan fingerprint density at radius 3 is 2.76 bits per heavy atom. The number of aryl methyl sites for hydroxylation is 2. The summed E-state index contributed by atoms with van der Waals surface area (Å²) in [7, 11) is 0. The maximum absolute atomic E-state index is 12.4. The Labute approximate surface area is 179 Å². The van der Waals surface area contributed by atoms with Gasteiger partial charge >= 0.3 is 5.97 Å². The molecule has 0 amide bonds. The molecule has 8 heteroatoms. The number of carbonyl (C=O) groups is 1. The molecule has 0 saturated carbocycles. The van der Waals surface area contributed by atoms with Crippen molar-refractivity contribution in [1.82, 2.24) is 15.1 Å². The molecule has 152 valence electrons. The Kier molecular flexibility index (Phi) is 7.37. The van der Waals surface area contributed by atoms with Gasteiger partial charge in [0.15, 0.2) is 5.11 Å². The zero-order chi connectivity index (χ0) is 20.6. The predicted octanol–water partition coefficient (Wildman–Crippen LogP) is 4.47. The summed E-state index contributed by atoms with van der Waals surface area (Å²) in [5.74, 6) is -0.356. The van der Waals surface area contributed by atoms with E-state index in [9.17, 15) is 4.79 Å². The van der Waals surface area contributed by atoms with Gasteiger partial charge in [0.2, 0.25) is 0 Å². The van der Waals surface area contributed by atoms with Crippen LogP contribution in [-0.4, -0.2) is 34.0 Å². The van der Waals surface area contributed by atoms with Gasteiger partial charge in [0, 0.05) is 29.9 Å². The van der Waals surface area contributed by atoms with Crippen LogP contribution < -0.4 is 10.6 Å². The molecule has 0 aliphatic rings. The Morgan fingerprint density at radius 1 is 1.28 bits per heavy atom. The molecule has 6 nitrogen and oxygen atoms in total. The fourth-order valence-corrected chi connectivity index (χ4v) is 4.12. The van der Waals surface area contributed by atoms with Crippen LogP contribution in [0.1, 0.15) is 29.4 Å². The number of nitrogens with one attached hydrogen (secondary N) is 2. The largest absolute Gasteiger partial charge is 0.462 e. The Morgan fingerprint density at radius 2 is 2.07 bits per heavy atom. The van der Waals surface area contributed by atoms with Crippen molar-refractivity contribution in [2.45, 2.75) is 26.8 Å². The molecule has 0 radical (unpaired) electrons. The average Bonchev–Trinajstić information content (AvgIpc) is 3.32. The maximum atomic E-state index is 12.4. The molecule has 0 spiro atoms. The molecular weight excluding hydrogens is 404 g/mol. The van der Waals surface area contributed by atoms with Gasteiger partial charge in [-0.05, 0) is 50.2 Å². The first-order chi connectivity index (χ1) is 14.1. The standard InChI is InChI=1S/C21H24N4O2S2/c1-3-27-20(26)17-14-18(16-8-5-4-6-9-16)29-19(17)24-21(28)22-11-7-13-25-15(2)10-12-23-25/h4-6,8-10,12,14H,3,7,11,13H2,1-2H3,(H2,22,24,28). The lowest BCUT2D eigenvalue weighted by Gasteiger charge is -2.11. The second-order valence-corrected chi connectivity index (χ2v) is 7.83. The van der Waals surface area contributed by atoms with Crippen LogP contribution >= 0.6 is 23.6 Å². The zero-order valence-corrected chi connectivity index (χ0v) is 18.1. The lowest BCUT2D eigenvalue weighted by Crippen LogP contribution is -2.30. The molecular formula is C21H24N4O2S2. The number of hydrogen-bond donors (Lipinski definition) is 2. The van der Waals surface area contributed by atoms with Crippen molar-refractivity contribution in [2.75, 3.05) is 18.5 Å². The van der Waals surface area contributed by atoms with Crippen molar-refractivity contribution in [2.24, 2.45) is 0 Å². The van der Waals surface area contributed by atoms with Gasteiger partial charge in [-0.15, -0.1) is 11.3 Å². The highest BCUT2D eigenvalue weighted by atomic mass is 32.1. The molecule has 0 saturated heterocycles. The molecule has 2 N–H and O–H groups in total. The number of carbonyl (C=O) groups excluding carboxylic acids is 1. The maximum Gasteiger partial charge on any atom is 0.341 e. The molecule has 0 aliphatic heterocycles. The first-order valence-electron chi connectivity index (χ1n) is 9.48. The fourth-order valence-electron chi connectivity index (χ4n) is 2.80. The predicted molar refractivity (Wildman–Crippen MR) is 122 cm³/mol. The van der Waals surface area contributed by atoms with Crippen molar-refractivity contribution in [1.29, 1.82) is 0 Å². The molecule has 0 bridgehead atoms. The van der Waals surface area contributed by atoms with Crippen molar-refractivity contribution < 1.29 is 9.53 Å². The fraction of sp³-hybridized carbons (Fsp3) is 0.286. The minimum Gasteiger partial charge on any atom is -0.462 e. The van der Waals surface area contributed by atoms with Gasteiger partial charge in [0.05, 0.1) is 12.2 Å². The zero-order valence-electron chi connectivity index (χ0n) is 16.5. The number of anilines is 1. The molecule has 3 rings (SSSR count). The molecule has 0 aliphatic carbocycles. The normalized spacial score (nSPS) is 10.6. The van der Waals surface area contributed by atoms with E-state index in [1.54, 1.807) is 13.1 Å². The van der Waals surface area contributed by atoms with Crippen LogP contribution in [0.5, 0.6) is 0 Å². The monoisotopic (exact) mass is 428 g/mol. The van der Waals surface area contributed by atoms with Gasteiger partial charge in [-0.2, -0.15) is 5.10 Å². The molecule has 0 fully saturated rings. The van der Waals surface area contributed by atoms with Crippen LogP contribution in [0, 0.1) is 6.92 Å². The molecule has 0 unspecified atom stereocenters. The van der Waals surface area contributed by atoms with E-state index in [1.165, 1.54) is 11.3 Å². The summed E-state index contributed by atoms with van der Waals surface area (Å²) < 4.78 is 7.17. The quantitative estimate of drug-likeness (QED) is 0.313. The first-order valence-corrected chi connectivity index (χ1v) is 10.7. The minimum absolute atomic E-state index is 0.324. The van der Waals surface area contributed by atoms with E-state index in [-0.39, 0.29) is 5.97 Å². The summed E-state index contributed by atoms with van der Waals surface area (Å²) in [4.78, 5) is 13.4. The summed E-state index contributed by atoms with van der Waals surface area (Å²) in [5, 5.41) is 11.8. The number of esters is 1. The topological polar surface area (TPSA) is 68.2 Å². The Bertz CT molecular complexity index is 966. The number of thiocarbonyl (C=S) groups is 1.